The minimum Gasteiger partial charge on any atom is -0.508 e. The monoisotopic (exact) mass is 207 g/mol. The second kappa shape index (κ2) is 3.46. The third-order valence-corrected chi connectivity index (χ3v) is 2.90. The second-order valence-corrected chi connectivity index (χ2v) is 3.84. The van der Waals surface area contributed by atoms with Crippen molar-refractivity contribution in [1.29, 1.82) is 0 Å². The molecule has 1 atom stereocenters. The van der Waals surface area contributed by atoms with Crippen LogP contribution in [0.3, 0.4) is 0 Å². The summed E-state index contributed by atoms with van der Waals surface area (Å²) in [5.41, 5.74) is 1.78. The molecule has 0 saturated carbocycles. The van der Waals surface area contributed by atoms with Crippen molar-refractivity contribution in [1.82, 2.24) is 0 Å². The van der Waals surface area contributed by atoms with Crippen molar-refractivity contribution in [2.75, 3.05) is 11.9 Å². The first-order valence-corrected chi connectivity index (χ1v) is 4.85. The Morgan fingerprint density at radius 1 is 1.60 bits per heavy atom. The van der Waals surface area contributed by atoms with Gasteiger partial charge in [0.1, 0.15) is 5.75 Å². The molecule has 2 rings (SSSR count). The number of hydrogen-bond acceptors (Lipinski definition) is 3. The SMILES string of the molecule is CN1c2cccc(O)c2CC1CC(=O)O. The number of carbonyl (C=O) groups is 1. The maximum Gasteiger partial charge on any atom is 0.305 e. The Morgan fingerprint density at radius 3 is 2.93 bits per heavy atom. The number of hydrogen-bond donors (Lipinski definition) is 2. The zero-order chi connectivity index (χ0) is 11.0. The number of rotatable bonds is 2. The molecule has 1 aliphatic heterocycles. The molecule has 2 N–H and O–H groups in total. The molecule has 0 fully saturated rings. The van der Waals surface area contributed by atoms with Gasteiger partial charge in [-0.2, -0.15) is 0 Å². The number of fused-ring (bicyclic) bond motifs is 1. The second-order valence-electron chi connectivity index (χ2n) is 3.84. The summed E-state index contributed by atoms with van der Waals surface area (Å²) in [6.45, 7) is 0. The molecule has 1 aromatic rings. The van der Waals surface area contributed by atoms with E-state index >= 15 is 0 Å². The van der Waals surface area contributed by atoms with Crippen LogP contribution in [0.25, 0.3) is 0 Å². The zero-order valence-corrected chi connectivity index (χ0v) is 8.47. The van der Waals surface area contributed by atoms with Crippen LogP contribution in [0.1, 0.15) is 12.0 Å². The number of aromatic hydroxyl groups is 1. The van der Waals surface area contributed by atoms with Crippen molar-refractivity contribution in [2.24, 2.45) is 0 Å². The molecule has 0 aromatic heterocycles. The average molecular weight is 207 g/mol. The molecule has 1 aliphatic rings. The van der Waals surface area contributed by atoms with E-state index in [1.54, 1.807) is 12.1 Å². The van der Waals surface area contributed by atoms with E-state index in [0.29, 0.717) is 6.42 Å². The van der Waals surface area contributed by atoms with E-state index < -0.39 is 5.97 Å². The van der Waals surface area contributed by atoms with E-state index in [4.69, 9.17) is 5.11 Å². The highest BCUT2D eigenvalue weighted by Crippen LogP contribution is 2.37. The van der Waals surface area contributed by atoms with E-state index in [-0.39, 0.29) is 18.2 Å². The Kier molecular flexibility index (Phi) is 2.26. The van der Waals surface area contributed by atoms with Crippen LogP contribution in [0.15, 0.2) is 18.2 Å². The fraction of sp³-hybridized carbons (Fsp3) is 0.364. The Balaban J connectivity index is 2.29. The predicted molar refractivity (Wildman–Crippen MR) is 56.3 cm³/mol. The maximum atomic E-state index is 10.6. The first-order chi connectivity index (χ1) is 7.09. The average Bonchev–Trinajstić information content (AvgIpc) is 2.46. The normalized spacial score (nSPS) is 19.0. The third-order valence-electron chi connectivity index (χ3n) is 2.90. The summed E-state index contributed by atoms with van der Waals surface area (Å²) in [4.78, 5) is 12.6. The molecule has 0 aliphatic carbocycles. The Bertz CT molecular complexity index is 403. The zero-order valence-electron chi connectivity index (χ0n) is 8.47. The summed E-state index contributed by atoms with van der Waals surface area (Å²) in [5.74, 6) is -0.550. The van der Waals surface area contributed by atoms with Crippen LogP contribution < -0.4 is 4.90 Å². The molecule has 80 valence electrons. The topological polar surface area (TPSA) is 60.8 Å². The van der Waals surface area contributed by atoms with Crippen LogP contribution in [0.2, 0.25) is 0 Å². The predicted octanol–water partition coefficient (Wildman–Crippen LogP) is 1.23. The molecule has 15 heavy (non-hydrogen) atoms. The summed E-state index contributed by atoms with van der Waals surface area (Å²) in [7, 11) is 1.86. The Morgan fingerprint density at radius 2 is 2.33 bits per heavy atom. The van der Waals surface area contributed by atoms with Crippen LogP contribution in [0.4, 0.5) is 5.69 Å². The first kappa shape index (κ1) is 9.83. The van der Waals surface area contributed by atoms with Gasteiger partial charge in [-0.3, -0.25) is 4.79 Å². The maximum absolute atomic E-state index is 10.6. The number of carboxylic acid groups (broad SMARTS) is 1. The minimum atomic E-state index is -0.806. The highest BCUT2D eigenvalue weighted by Gasteiger charge is 2.29. The van der Waals surface area contributed by atoms with Gasteiger partial charge in [-0.05, 0) is 18.6 Å². The molecular formula is C11H13NO3. The molecular weight excluding hydrogens is 194 g/mol. The number of phenolic OH excluding ortho intramolecular Hbond substituents is 1. The van der Waals surface area contributed by atoms with Crippen LogP contribution in [0, 0.1) is 0 Å². The van der Waals surface area contributed by atoms with Gasteiger partial charge in [0, 0.05) is 24.3 Å². The summed E-state index contributed by atoms with van der Waals surface area (Å²) >= 11 is 0. The van der Waals surface area contributed by atoms with Gasteiger partial charge < -0.3 is 15.1 Å². The molecule has 4 heteroatoms. The van der Waals surface area contributed by atoms with Gasteiger partial charge in [-0.25, -0.2) is 0 Å². The molecule has 0 saturated heterocycles. The summed E-state index contributed by atoms with van der Waals surface area (Å²) in [6, 6.07) is 5.26. The number of anilines is 1. The Labute approximate surface area is 87.8 Å². The van der Waals surface area contributed by atoms with Gasteiger partial charge in [-0.1, -0.05) is 6.07 Å². The van der Waals surface area contributed by atoms with E-state index in [2.05, 4.69) is 0 Å². The van der Waals surface area contributed by atoms with E-state index in [0.717, 1.165) is 11.3 Å². The standard InChI is InChI=1S/C11H13NO3/c1-12-7(6-11(14)15)5-8-9(12)3-2-4-10(8)13/h2-4,7,13H,5-6H2,1H3,(H,14,15). The Hall–Kier alpha value is -1.71. The lowest BCUT2D eigenvalue weighted by Gasteiger charge is -2.20. The van der Waals surface area contributed by atoms with Gasteiger partial charge >= 0.3 is 5.97 Å². The summed E-state index contributed by atoms with van der Waals surface area (Å²) in [6.07, 6.45) is 0.704. The van der Waals surface area contributed by atoms with Crippen LogP contribution in [0.5, 0.6) is 5.75 Å². The number of nitrogens with zero attached hydrogens (tertiary/aromatic N) is 1. The number of likely N-dealkylation sites (N-methyl/N-ethyl adjacent to an activating group) is 1. The number of benzene rings is 1. The van der Waals surface area contributed by atoms with Gasteiger partial charge in [0.15, 0.2) is 0 Å². The number of aliphatic carboxylic acids is 1. The summed E-state index contributed by atoms with van der Waals surface area (Å²) in [5, 5.41) is 18.4. The van der Waals surface area contributed by atoms with E-state index in [1.165, 1.54) is 0 Å². The van der Waals surface area contributed by atoms with E-state index in [1.807, 2.05) is 18.0 Å². The lowest BCUT2D eigenvalue weighted by Crippen LogP contribution is -2.30. The van der Waals surface area contributed by atoms with E-state index in [9.17, 15) is 9.90 Å². The lowest BCUT2D eigenvalue weighted by molar-refractivity contribution is -0.137. The largest absolute Gasteiger partial charge is 0.508 e. The van der Waals surface area contributed by atoms with Crippen molar-refractivity contribution in [2.45, 2.75) is 18.9 Å². The van der Waals surface area contributed by atoms with Crippen molar-refractivity contribution in [3.8, 4) is 5.75 Å². The third kappa shape index (κ3) is 1.63. The molecule has 0 bridgehead atoms. The van der Waals surface area contributed by atoms with Gasteiger partial charge in [-0.15, -0.1) is 0 Å². The lowest BCUT2D eigenvalue weighted by atomic mass is 10.1. The fourth-order valence-corrected chi connectivity index (χ4v) is 2.08. The van der Waals surface area contributed by atoms with Crippen molar-refractivity contribution in [3.05, 3.63) is 23.8 Å². The molecule has 1 heterocycles. The first-order valence-electron chi connectivity index (χ1n) is 4.85. The number of carboxylic acids is 1. The molecule has 0 spiro atoms. The molecule has 0 amide bonds. The minimum absolute atomic E-state index is 0.0502. The van der Waals surface area contributed by atoms with Gasteiger partial charge in [0.05, 0.1) is 6.42 Å². The molecule has 1 unspecified atom stereocenters. The highest BCUT2D eigenvalue weighted by molar-refractivity contribution is 5.71. The van der Waals surface area contributed by atoms with Crippen LogP contribution in [-0.4, -0.2) is 29.3 Å². The van der Waals surface area contributed by atoms with Gasteiger partial charge in [0.2, 0.25) is 0 Å². The van der Waals surface area contributed by atoms with Crippen LogP contribution in [-0.2, 0) is 11.2 Å². The van der Waals surface area contributed by atoms with Gasteiger partial charge in [0.25, 0.3) is 0 Å². The molecule has 0 radical (unpaired) electrons. The molecule has 1 aromatic carbocycles. The number of phenols is 1. The smallest absolute Gasteiger partial charge is 0.305 e. The van der Waals surface area contributed by atoms with Crippen molar-refractivity contribution in [3.63, 3.8) is 0 Å². The quantitative estimate of drug-likeness (QED) is 0.765. The highest BCUT2D eigenvalue weighted by atomic mass is 16.4. The summed E-state index contributed by atoms with van der Waals surface area (Å²) < 4.78 is 0. The van der Waals surface area contributed by atoms with Crippen LogP contribution >= 0.6 is 0 Å². The molecule has 4 nitrogen and oxygen atoms in total. The van der Waals surface area contributed by atoms with Crippen molar-refractivity contribution >= 4 is 11.7 Å². The van der Waals surface area contributed by atoms with Crippen molar-refractivity contribution < 1.29 is 15.0 Å². The fourth-order valence-electron chi connectivity index (χ4n) is 2.08.